The van der Waals surface area contributed by atoms with E-state index in [0.29, 0.717) is 12.1 Å². The Labute approximate surface area is 152 Å². The van der Waals surface area contributed by atoms with Crippen LogP contribution in [-0.4, -0.2) is 29.7 Å². The molecule has 0 radical (unpaired) electrons. The molecule has 6 nitrogen and oxygen atoms in total. The van der Waals surface area contributed by atoms with E-state index in [2.05, 4.69) is 10.5 Å². The monoisotopic (exact) mass is 351 g/mol. The third kappa shape index (κ3) is 4.27. The number of nitrogens with one attached hydrogen (secondary N) is 1. The molecule has 0 unspecified atom stereocenters. The molecule has 1 heterocycles. The normalized spacial score (nSPS) is 13.5. The summed E-state index contributed by atoms with van der Waals surface area (Å²) < 4.78 is 0. The van der Waals surface area contributed by atoms with E-state index in [4.69, 9.17) is 0 Å². The van der Waals surface area contributed by atoms with Crippen LogP contribution in [0.15, 0.2) is 53.6 Å². The quantitative estimate of drug-likeness (QED) is 0.642. The minimum Gasteiger partial charge on any atom is -0.507 e. The van der Waals surface area contributed by atoms with Crippen LogP contribution >= 0.6 is 0 Å². The van der Waals surface area contributed by atoms with Gasteiger partial charge in [-0.05, 0) is 36.6 Å². The number of hydrazone groups is 1. The van der Waals surface area contributed by atoms with Crippen molar-refractivity contribution in [3.8, 4) is 5.75 Å². The Hall–Kier alpha value is -3.15. The van der Waals surface area contributed by atoms with Crippen LogP contribution in [0.5, 0.6) is 5.75 Å². The Morgan fingerprint density at radius 1 is 1.12 bits per heavy atom. The van der Waals surface area contributed by atoms with Gasteiger partial charge < -0.3 is 10.0 Å². The zero-order chi connectivity index (χ0) is 18.4. The molecule has 1 aliphatic heterocycles. The van der Waals surface area contributed by atoms with Crippen molar-refractivity contribution in [2.45, 2.75) is 25.7 Å². The van der Waals surface area contributed by atoms with Crippen molar-refractivity contribution in [3.63, 3.8) is 0 Å². The summed E-state index contributed by atoms with van der Waals surface area (Å²) in [6.07, 6.45) is 3.47. The number of carbonyl (C=O) groups is 2. The number of aryl methyl sites for hydroxylation is 1. The predicted molar refractivity (Wildman–Crippen MR) is 100 cm³/mol. The highest BCUT2D eigenvalue weighted by molar-refractivity contribution is 5.96. The molecule has 2 aromatic carbocycles. The molecule has 2 N–H and O–H groups in total. The maximum atomic E-state index is 12.5. The van der Waals surface area contributed by atoms with E-state index in [0.717, 1.165) is 18.5 Å². The summed E-state index contributed by atoms with van der Waals surface area (Å²) in [6, 6.07) is 14.6. The van der Waals surface area contributed by atoms with E-state index in [1.807, 2.05) is 24.3 Å². The minimum atomic E-state index is -0.338. The Morgan fingerprint density at radius 2 is 1.88 bits per heavy atom. The van der Waals surface area contributed by atoms with Crippen LogP contribution in [0.25, 0.3) is 0 Å². The third-order valence-corrected chi connectivity index (χ3v) is 4.31. The maximum Gasteiger partial charge on any atom is 0.240 e. The Morgan fingerprint density at radius 3 is 2.73 bits per heavy atom. The number of phenolic OH excluding ortho intramolecular Hbond substituents is 1. The summed E-state index contributed by atoms with van der Waals surface area (Å²) in [5.74, 6) is -0.309. The van der Waals surface area contributed by atoms with Crippen molar-refractivity contribution in [2.24, 2.45) is 5.10 Å². The Balaban J connectivity index is 1.51. The van der Waals surface area contributed by atoms with Gasteiger partial charge >= 0.3 is 0 Å². The van der Waals surface area contributed by atoms with Gasteiger partial charge in [0.1, 0.15) is 5.75 Å². The molecule has 0 spiro atoms. The molecule has 0 bridgehead atoms. The number of phenols is 1. The van der Waals surface area contributed by atoms with E-state index >= 15 is 0 Å². The second-order valence-electron chi connectivity index (χ2n) is 6.13. The van der Waals surface area contributed by atoms with Crippen molar-refractivity contribution in [3.05, 3.63) is 59.7 Å². The zero-order valence-electron chi connectivity index (χ0n) is 14.4. The van der Waals surface area contributed by atoms with Crippen molar-refractivity contribution in [1.82, 2.24) is 5.43 Å². The molecule has 6 heteroatoms. The average molecular weight is 351 g/mol. The van der Waals surface area contributed by atoms with Crippen LogP contribution in [0.4, 0.5) is 5.69 Å². The molecule has 3 rings (SSSR count). The lowest BCUT2D eigenvalue weighted by Gasteiger charge is -2.29. The summed E-state index contributed by atoms with van der Waals surface area (Å²) in [4.78, 5) is 26.1. The van der Waals surface area contributed by atoms with Gasteiger partial charge in [-0.25, -0.2) is 5.43 Å². The highest BCUT2D eigenvalue weighted by Gasteiger charge is 2.22. The molecule has 0 aliphatic carbocycles. The van der Waals surface area contributed by atoms with Crippen molar-refractivity contribution in [1.29, 1.82) is 0 Å². The maximum absolute atomic E-state index is 12.5. The van der Waals surface area contributed by atoms with Crippen LogP contribution in [0, 0.1) is 0 Å². The first kappa shape index (κ1) is 17.7. The smallest absolute Gasteiger partial charge is 0.240 e. The molecule has 1 aliphatic rings. The fraction of sp³-hybridized carbons (Fsp3) is 0.250. The molecule has 26 heavy (non-hydrogen) atoms. The van der Waals surface area contributed by atoms with Crippen LogP contribution < -0.4 is 10.3 Å². The van der Waals surface area contributed by atoms with Gasteiger partial charge in [0.15, 0.2) is 0 Å². The number of nitrogens with zero attached hydrogens (tertiary/aromatic N) is 2. The highest BCUT2D eigenvalue weighted by atomic mass is 16.3. The summed E-state index contributed by atoms with van der Waals surface area (Å²) in [6.45, 7) is 0.683. The fourth-order valence-electron chi connectivity index (χ4n) is 2.97. The van der Waals surface area contributed by atoms with E-state index in [1.165, 1.54) is 17.8 Å². The zero-order valence-corrected chi connectivity index (χ0v) is 14.4. The number of hydrogen-bond acceptors (Lipinski definition) is 4. The van der Waals surface area contributed by atoms with Crippen molar-refractivity contribution < 1.29 is 14.7 Å². The van der Waals surface area contributed by atoms with Crippen molar-refractivity contribution in [2.75, 3.05) is 11.4 Å². The van der Waals surface area contributed by atoms with E-state index in [-0.39, 0.29) is 30.4 Å². The molecule has 2 amide bonds. The number of para-hydroxylation sites is 2. The lowest BCUT2D eigenvalue weighted by atomic mass is 10.0. The van der Waals surface area contributed by atoms with Gasteiger partial charge in [-0.15, -0.1) is 0 Å². The summed E-state index contributed by atoms with van der Waals surface area (Å²) in [7, 11) is 0. The molecule has 0 fully saturated rings. The number of aromatic hydroxyl groups is 1. The van der Waals surface area contributed by atoms with Crippen LogP contribution in [0.1, 0.15) is 30.4 Å². The Bertz CT molecular complexity index is 833. The van der Waals surface area contributed by atoms with E-state index in [1.54, 1.807) is 23.1 Å². The minimum absolute atomic E-state index is 0.0583. The first-order chi connectivity index (χ1) is 12.6. The molecule has 0 saturated carbocycles. The van der Waals surface area contributed by atoms with Gasteiger partial charge in [0.05, 0.1) is 6.21 Å². The van der Waals surface area contributed by atoms with E-state index in [9.17, 15) is 14.7 Å². The first-order valence-corrected chi connectivity index (χ1v) is 8.63. The lowest BCUT2D eigenvalue weighted by Crippen LogP contribution is -2.36. The van der Waals surface area contributed by atoms with Crippen LogP contribution in [0.2, 0.25) is 0 Å². The fourth-order valence-corrected chi connectivity index (χ4v) is 2.97. The summed E-state index contributed by atoms with van der Waals surface area (Å²) in [5, 5.41) is 13.4. The highest BCUT2D eigenvalue weighted by Crippen LogP contribution is 2.27. The first-order valence-electron chi connectivity index (χ1n) is 8.63. The Kier molecular flexibility index (Phi) is 5.63. The second kappa shape index (κ2) is 8.29. The average Bonchev–Trinajstić information content (AvgIpc) is 2.67. The van der Waals surface area contributed by atoms with Gasteiger partial charge in [0, 0.05) is 30.6 Å². The van der Waals surface area contributed by atoms with Crippen LogP contribution in [-0.2, 0) is 16.0 Å². The van der Waals surface area contributed by atoms with E-state index < -0.39 is 0 Å². The predicted octanol–water partition coefficient (Wildman–Crippen LogP) is 2.60. The number of carbonyl (C=O) groups excluding carboxylic acids is 2. The molecular formula is C20H21N3O3. The van der Waals surface area contributed by atoms with Gasteiger partial charge in [-0.3, -0.25) is 9.59 Å². The van der Waals surface area contributed by atoms with Crippen LogP contribution in [0.3, 0.4) is 0 Å². The molecule has 0 saturated heterocycles. The summed E-state index contributed by atoms with van der Waals surface area (Å²) in [5.41, 5.74) is 5.01. The number of fused-ring (bicyclic) bond motifs is 1. The number of rotatable bonds is 5. The molecule has 0 atom stereocenters. The molecular weight excluding hydrogens is 330 g/mol. The van der Waals surface area contributed by atoms with Gasteiger partial charge in [0.2, 0.25) is 11.8 Å². The molecule has 2 aromatic rings. The molecule has 134 valence electrons. The second-order valence-corrected chi connectivity index (χ2v) is 6.13. The number of hydrogen-bond donors (Lipinski definition) is 2. The van der Waals surface area contributed by atoms with Gasteiger partial charge in [-0.1, -0.05) is 30.3 Å². The lowest BCUT2D eigenvalue weighted by molar-refractivity contribution is -0.125. The summed E-state index contributed by atoms with van der Waals surface area (Å²) >= 11 is 0. The number of anilines is 1. The SMILES string of the molecule is O=C(CCC(=O)N1CCCc2ccccc21)NN=Cc1ccccc1O. The van der Waals surface area contributed by atoms with Gasteiger partial charge in [0.25, 0.3) is 0 Å². The number of benzene rings is 2. The van der Waals surface area contributed by atoms with Gasteiger partial charge in [-0.2, -0.15) is 5.10 Å². The van der Waals surface area contributed by atoms with Crippen molar-refractivity contribution >= 4 is 23.7 Å². The standard InChI is InChI=1S/C20H21N3O3/c24-18-10-4-2-7-16(18)14-21-22-19(25)11-12-20(26)23-13-5-8-15-6-1-3-9-17(15)23/h1-4,6-7,9-10,14,24H,5,8,11-13H2,(H,22,25). The largest absolute Gasteiger partial charge is 0.507 e. The molecule has 0 aromatic heterocycles. The number of amides is 2. The third-order valence-electron chi connectivity index (χ3n) is 4.31. The topological polar surface area (TPSA) is 82.0 Å².